The number of aromatic nitrogens is 2. The van der Waals surface area contributed by atoms with Gasteiger partial charge in [0.1, 0.15) is 17.6 Å². The Morgan fingerprint density at radius 3 is 2.48 bits per heavy atom. The van der Waals surface area contributed by atoms with Crippen molar-refractivity contribution in [3.8, 4) is 10.6 Å². The van der Waals surface area contributed by atoms with E-state index in [0.717, 1.165) is 33.2 Å². The van der Waals surface area contributed by atoms with E-state index in [2.05, 4.69) is 10.6 Å². The van der Waals surface area contributed by atoms with Crippen LogP contribution in [-0.2, 0) is 4.79 Å². The van der Waals surface area contributed by atoms with Gasteiger partial charge in [0, 0.05) is 11.9 Å². The molecule has 0 aliphatic rings. The number of hydrogen-bond acceptors (Lipinski definition) is 5. The summed E-state index contributed by atoms with van der Waals surface area (Å²) in [6, 6.07) is 12.4. The third-order valence-electron chi connectivity index (χ3n) is 5.09. The molecule has 0 radical (unpaired) electrons. The number of para-hydroxylation sites is 1. The van der Waals surface area contributed by atoms with E-state index < -0.39 is 17.9 Å². The van der Waals surface area contributed by atoms with E-state index in [-0.39, 0.29) is 0 Å². The molecule has 0 fully saturated rings. The third-order valence-corrected chi connectivity index (χ3v) is 5.97. The van der Waals surface area contributed by atoms with E-state index >= 15 is 0 Å². The Labute approximate surface area is 183 Å². The molecule has 0 bridgehead atoms. The molecule has 3 aromatic heterocycles. The molecule has 1 unspecified atom stereocenters. The maximum Gasteiger partial charge on any atom is 0.325 e. The van der Waals surface area contributed by atoms with E-state index in [0.29, 0.717) is 11.2 Å². The van der Waals surface area contributed by atoms with Crippen molar-refractivity contribution in [1.82, 2.24) is 14.7 Å². The van der Waals surface area contributed by atoms with Gasteiger partial charge < -0.3 is 15.7 Å². The minimum atomic E-state index is -1.10. The van der Waals surface area contributed by atoms with Crippen LogP contribution in [0, 0.1) is 13.8 Å². The molecule has 3 heterocycles. The lowest BCUT2D eigenvalue weighted by Crippen LogP contribution is -2.38. The molecule has 31 heavy (non-hydrogen) atoms. The second kappa shape index (κ2) is 8.23. The van der Waals surface area contributed by atoms with Crippen molar-refractivity contribution in [2.45, 2.75) is 26.8 Å². The van der Waals surface area contributed by atoms with Crippen LogP contribution >= 0.6 is 11.3 Å². The van der Waals surface area contributed by atoms with Gasteiger partial charge in [0.05, 0.1) is 10.4 Å². The molecule has 0 aliphatic heterocycles. The van der Waals surface area contributed by atoms with Crippen molar-refractivity contribution in [2.75, 3.05) is 5.32 Å². The average molecular weight is 435 g/mol. The molecule has 4 aromatic rings. The van der Waals surface area contributed by atoms with Gasteiger partial charge in [0.2, 0.25) is 0 Å². The fourth-order valence-corrected chi connectivity index (χ4v) is 4.13. The maximum absolute atomic E-state index is 12.8. The molecule has 0 spiro atoms. The third kappa shape index (κ3) is 3.89. The number of aryl methyl sites for hydroxylation is 2. The highest BCUT2D eigenvalue weighted by atomic mass is 32.1. The number of nitrogens with zero attached hydrogens (tertiary/aromatic N) is 2. The minimum absolute atomic E-state index is 0.308. The van der Waals surface area contributed by atoms with Gasteiger partial charge in [-0.2, -0.15) is 0 Å². The average Bonchev–Trinajstić information content (AvgIpc) is 3.38. The second-order valence-electron chi connectivity index (χ2n) is 7.33. The highest BCUT2D eigenvalue weighted by Gasteiger charge is 2.22. The van der Waals surface area contributed by atoms with Crippen molar-refractivity contribution < 1.29 is 14.7 Å². The number of benzene rings is 1. The molecule has 158 valence electrons. The largest absolute Gasteiger partial charge is 0.480 e. The number of carboxylic acid groups (broad SMARTS) is 1. The van der Waals surface area contributed by atoms with Crippen LogP contribution in [0.3, 0.4) is 0 Å². The van der Waals surface area contributed by atoms with Crippen LogP contribution in [0.2, 0.25) is 0 Å². The first-order chi connectivity index (χ1) is 14.9. The molecule has 0 aliphatic carbocycles. The Kier molecular flexibility index (Phi) is 5.48. The van der Waals surface area contributed by atoms with Crippen molar-refractivity contribution in [2.24, 2.45) is 0 Å². The van der Waals surface area contributed by atoms with Crippen LogP contribution in [-0.4, -0.2) is 32.4 Å². The molecule has 0 saturated heterocycles. The number of carbonyl (C=O) groups excluding carboxylic acids is 1. The molecule has 7 nitrogen and oxygen atoms in total. The summed E-state index contributed by atoms with van der Waals surface area (Å²) in [5.74, 6) is -0.835. The topological polar surface area (TPSA) is 95.7 Å². The minimum Gasteiger partial charge on any atom is -0.480 e. The molecular formula is C23H22N4O3S. The summed E-state index contributed by atoms with van der Waals surface area (Å²) < 4.78 is 1.83. The number of carboxylic acids is 1. The first kappa shape index (κ1) is 20.6. The SMILES string of the molecule is Cc1cccc(C)c1Nc1c(-c2cccs2)nc2c(C(=O)NC(C)C(=O)O)cccn12. The molecule has 4 rings (SSSR count). The number of imidazole rings is 1. The quantitative estimate of drug-likeness (QED) is 0.411. The normalized spacial score (nSPS) is 12.0. The summed E-state index contributed by atoms with van der Waals surface area (Å²) in [5, 5.41) is 17.1. The fourth-order valence-electron chi connectivity index (χ4n) is 3.42. The Bertz CT molecular complexity index is 1260. The Balaban J connectivity index is 1.88. The lowest BCUT2D eigenvalue weighted by molar-refractivity contribution is -0.138. The van der Waals surface area contributed by atoms with Crippen LogP contribution in [0.4, 0.5) is 11.5 Å². The number of thiophene rings is 1. The van der Waals surface area contributed by atoms with Gasteiger partial charge in [-0.25, -0.2) is 4.98 Å². The lowest BCUT2D eigenvalue weighted by atomic mass is 10.1. The summed E-state index contributed by atoms with van der Waals surface area (Å²) in [6.45, 7) is 5.50. The molecule has 0 saturated carbocycles. The predicted molar refractivity (Wildman–Crippen MR) is 122 cm³/mol. The molecule has 1 amide bonds. The van der Waals surface area contributed by atoms with Gasteiger partial charge in [0.15, 0.2) is 5.65 Å². The van der Waals surface area contributed by atoms with Crippen molar-refractivity contribution >= 4 is 40.4 Å². The molecular weight excluding hydrogens is 412 g/mol. The summed E-state index contributed by atoms with van der Waals surface area (Å²) in [5.41, 5.74) is 4.66. The summed E-state index contributed by atoms with van der Waals surface area (Å²) in [7, 11) is 0. The van der Waals surface area contributed by atoms with Crippen LogP contribution in [0.15, 0.2) is 54.0 Å². The van der Waals surface area contributed by atoms with E-state index in [1.807, 2.05) is 60.2 Å². The molecule has 3 N–H and O–H groups in total. The van der Waals surface area contributed by atoms with Crippen LogP contribution in [0.5, 0.6) is 0 Å². The van der Waals surface area contributed by atoms with E-state index in [1.54, 1.807) is 23.5 Å². The Hall–Kier alpha value is -3.65. The monoisotopic (exact) mass is 434 g/mol. The highest BCUT2D eigenvalue weighted by molar-refractivity contribution is 7.13. The second-order valence-corrected chi connectivity index (χ2v) is 8.27. The number of anilines is 2. The number of fused-ring (bicyclic) bond motifs is 1. The standard InChI is InChI=1S/C23H22N4O3S/c1-13-7-4-8-14(2)18(13)25-21-19(17-10-6-12-31-17)26-20-16(9-5-11-27(20)21)22(28)24-15(3)23(29)30/h4-12,15,25H,1-3H3,(H,24,28)(H,29,30). The predicted octanol–water partition coefficient (Wildman–Crippen LogP) is 4.63. The summed E-state index contributed by atoms with van der Waals surface area (Å²) in [4.78, 5) is 29.7. The Morgan fingerprint density at radius 2 is 1.84 bits per heavy atom. The first-order valence-corrected chi connectivity index (χ1v) is 10.7. The zero-order chi connectivity index (χ0) is 22.1. The van der Waals surface area contributed by atoms with E-state index in [1.165, 1.54) is 6.92 Å². The molecule has 1 atom stereocenters. The van der Waals surface area contributed by atoms with Crippen molar-refractivity contribution in [3.05, 3.63) is 70.7 Å². The number of rotatable bonds is 6. The smallest absolute Gasteiger partial charge is 0.325 e. The highest BCUT2D eigenvalue weighted by Crippen LogP contribution is 2.36. The summed E-state index contributed by atoms with van der Waals surface area (Å²) in [6.07, 6.45) is 1.84. The Morgan fingerprint density at radius 1 is 1.10 bits per heavy atom. The van der Waals surface area contributed by atoms with Crippen LogP contribution < -0.4 is 10.6 Å². The van der Waals surface area contributed by atoms with Gasteiger partial charge >= 0.3 is 5.97 Å². The van der Waals surface area contributed by atoms with Crippen molar-refractivity contribution in [3.63, 3.8) is 0 Å². The van der Waals surface area contributed by atoms with Crippen LogP contribution in [0.1, 0.15) is 28.4 Å². The van der Waals surface area contributed by atoms with E-state index in [4.69, 9.17) is 10.1 Å². The van der Waals surface area contributed by atoms with Gasteiger partial charge in [-0.3, -0.25) is 14.0 Å². The maximum atomic E-state index is 12.8. The number of amides is 1. The number of nitrogens with one attached hydrogen (secondary N) is 2. The number of hydrogen-bond donors (Lipinski definition) is 3. The first-order valence-electron chi connectivity index (χ1n) is 9.78. The summed E-state index contributed by atoms with van der Waals surface area (Å²) >= 11 is 1.56. The number of carbonyl (C=O) groups is 2. The van der Waals surface area contributed by atoms with Gasteiger partial charge in [-0.1, -0.05) is 24.3 Å². The van der Waals surface area contributed by atoms with Gasteiger partial charge in [-0.15, -0.1) is 11.3 Å². The zero-order valence-electron chi connectivity index (χ0n) is 17.3. The van der Waals surface area contributed by atoms with Crippen LogP contribution in [0.25, 0.3) is 16.2 Å². The van der Waals surface area contributed by atoms with Gasteiger partial charge in [0.25, 0.3) is 5.91 Å². The van der Waals surface area contributed by atoms with Gasteiger partial charge in [-0.05, 0) is 55.5 Å². The zero-order valence-corrected chi connectivity index (χ0v) is 18.2. The molecule has 1 aromatic carbocycles. The lowest BCUT2D eigenvalue weighted by Gasteiger charge is -2.14. The number of pyridine rings is 1. The fraction of sp³-hybridized carbons (Fsp3) is 0.174. The number of aliphatic carboxylic acids is 1. The van der Waals surface area contributed by atoms with E-state index in [9.17, 15) is 9.59 Å². The molecule has 8 heteroatoms. The van der Waals surface area contributed by atoms with Crippen molar-refractivity contribution in [1.29, 1.82) is 0 Å².